The predicted octanol–water partition coefficient (Wildman–Crippen LogP) is 4.64. The molecule has 1 heterocycles. The van der Waals surface area contributed by atoms with E-state index >= 15 is 0 Å². The van der Waals surface area contributed by atoms with Gasteiger partial charge in [-0.2, -0.15) is 0 Å². The number of aromatic nitrogens is 1. The highest BCUT2D eigenvalue weighted by molar-refractivity contribution is 5.56. The molecule has 18 heavy (non-hydrogen) atoms. The maximum absolute atomic E-state index is 5.94. The lowest BCUT2D eigenvalue weighted by Gasteiger charge is -2.02. The van der Waals surface area contributed by atoms with Gasteiger partial charge in [-0.3, -0.25) is 0 Å². The van der Waals surface area contributed by atoms with E-state index < -0.39 is 0 Å². The zero-order valence-corrected chi connectivity index (χ0v) is 11.9. The smallest absolute Gasteiger partial charge is 0.226 e. The molecule has 0 aliphatic rings. The minimum atomic E-state index is 0.382. The lowest BCUT2D eigenvalue weighted by atomic mass is 10.1. The Labute approximate surface area is 109 Å². The molecule has 0 amide bonds. The van der Waals surface area contributed by atoms with E-state index in [-0.39, 0.29) is 0 Å². The van der Waals surface area contributed by atoms with E-state index in [1.54, 1.807) is 0 Å². The van der Waals surface area contributed by atoms with Gasteiger partial charge in [-0.25, -0.2) is 4.98 Å². The van der Waals surface area contributed by atoms with Gasteiger partial charge in [-0.15, -0.1) is 0 Å². The molecule has 0 aliphatic carbocycles. The molecule has 2 nitrogen and oxygen atoms in total. The molecule has 1 aromatic heterocycles. The second-order valence-corrected chi connectivity index (χ2v) is 5.14. The molecule has 2 aromatic rings. The van der Waals surface area contributed by atoms with Crippen LogP contribution in [0.5, 0.6) is 0 Å². The summed E-state index contributed by atoms with van der Waals surface area (Å²) in [5.74, 6) is 2.15. The van der Waals surface area contributed by atoms with Crippen LogP contribution in [0.1, 0.15) is 49.3 Å². The van der Waals surface area contributed by atoms with Crippen molar-refractivity contribution in [2.75, 3.05) is 0 Å². The van der Waals surface area contributed by atoms with Crippen molar-refractivity contribution in [1.29, 1.82) is 0 Å². The van der Waals surface area contributed by atoms with Crippen molar-refractivity contribution < 1.29 is 4.42 Å². The Balaban J connectivity index is 2.47. The molecule has 0 saturated heterocycles. The number of nitrogens with zero attached hydrogens (tertiary/aromatic N) is 1. The third-order valence-corrected chi connectivity index (χ3v) is 3.34. The molecule has 0 unspecified atom stereocenters. The van der Waals surface area contributed by atoms with Gasteiger partial charge in [0, 0.05) is 11.5 Å². The Kier molecular flexibility index (Phi) is 3.55. The maximum Gasteiger partial charge on any atom is 0.226 e. The molecule has 0 saturated carbocycles. The van der Waals surface area contributed by atoms with Crippen molar-refractivity contribution in [3.8, 4) is 11.5 Å². The van der Waals surface area contributed by atoms with E-state index in [0.717, 1.165) is 29.3 Å². The third kappa shape index (κ3) is 2.33. The Morgan fingerprint density at radius 2 is 1.89 bits per heavy atom. The molecule has 1 aromatic carbocycles. The van der Waals surface area contributed by atoms with E-state index in [0.29, 0.717) is 5.92 Å². The molecule has 2 rings (SSSR count). The van der Waals surface area contributed by atoms with Crippen LogP contribution in [-0.4, -0.2) is 4.98 Å². The topological polar surface area (TPSA) is 26.0 Å². The van der Waals surface area contributed by atoms with Gasteiger partial charge >= 0.3 is 0 Å². The lowest BCUT2D eigenvalue weighted by Crippen LogP contribution is -1.90. The average molecular weight is 243 g/mol. The fourth-order valence-corrected chi connectivity index (χ4v) is 2.07. The van der Waals surface area contributed by atoms with Gasteiger partial charge in [0.25, 0.3) is 0 Å². The quantitative estimate of drug-likeness (QED) is 0.784. The average Bonchev–Trinajstić information content (AvgIpc) is 2.77. The summed E-state index contributed by atoms with van der Waals surface area (Å²) in [6.45, 7) is 10.6. The van der Waals surface area contributed by atoms with Gasteiger partial charge < -0.3 is 4.42 Å². The first-order valence-corrected chi connectivity index (χ1v) is 6.60. The van der Waals surface area contributed by atoms with Gasteiger partial charge in [0.2, 0.25) is 5.89 Å². The summed E-state index contributed by atoms with van der Waals surface area (Å²) in [5, 5.41) is 0. The second-order valence-electron chi connectivity index (χ2n) is 5.14. The van der Waals surface area contributed by atoms with Crippen molar-refractivity contribution in [3.05, 3.63) is 40.8 Å². The maximum atomic E-state index is 5.94. The zero-order chi connectivity index (χ0) is 13.3. The Bertz CT molecular complexity index is 552. The summed E-state index contributed by atoms with van der Waals surface area (Å²) >= 11 is 0. The van der Waals surface area contributed by atoms with Crippen molar-refractivity contribution >= 4 is 0 Å². The van der Waals surface area contributed by atoms with Gasteiger partial charge in [-0.1, -0.05) is 26.8 Å². The van der Waals surface area contributed by atoms with Crippen molar-refractivity contribution in [2.24, 2.45) is 0 Å². The van der Waals surface area contributed by atoms with Crippen LogP contribution >= 0.6 is 0 Å². The predicted molar refractivity (Wildman–Crippen MR) is 74.9 cm³/mol. The summed E-state index contributed by atoms with van der Waals surface area (Å²) in [6.07, 6.45) is 0.919. The first-order valence-electron chi connectivity index (χ1n) is 6.60. The van der Waals surface area contributed by atoms with Gasteiger partial charge in [0.1, 0.15) is 5.76 Å². The van der Waals surface area contributed by atoms with E-state index in [1.165, 1.54) is 11.1 Å². The molecule has 96 valence electrons. The van der Waals surface area contributed by atoms with E-state index in [4.69, 9.17) is 4.42 Å². The Hall–Kier alpha value is -1.57. The SMILES string of the molecule is CCc1nc(-c2ccc(C)c(C)c2)oc1C(C)C. The standard InChI is InChI=1S/C16H21NO/c1-6-14-15(10(2)3)18-16(17-14)13-8-7-11(4)12(5)9-13/h7-10H,6H2,1-5H3. The van der Waals surface area contributed by atoms with E-state index in [2.05, 4.69) is 57.8 Å². The van der Waals surface area contributed by atoms with Crippen molar-refractivity contribution in [2.45, 2.75) is 47.0 Å². The fraction of sp³-hybridized carbons (Fsp3) is 0.438. The highest BCUT2D eigenvalue weighted by Crippen LogP contribution is 2.28. The monoisotopic (exact) mass is 243 g/mol. The zero-order valence-electron chi connectivity index (χ0n) is 11.9. The van der Waals surface area contributed by atoms with Crippen LogP contribution in [0.4, 0.5) is 0 Å². The van der Waals surface area contributed by atoms with Crippen LogP contribution in [0.25, 0.3) is 11.5 Å². The molecule has 0 atom stereocenters. The second kappa shape index (κ2) is 4.97. The molecule has 0 N–H and O–H groups in total. The molecule has 2 heteroatoms. The molecule has 0 bridgehead atoms. The number of rotatable bonds is 3. The van der Waals surface area contributed by atoms with Crippen molar-refractivity contribution in [1.82, 2.24) is 4.98 Å². The van der Waals surface area contributed by atoms with Crippen LogP contribution in [-0.2, 0) is 6.42 Å². The van der Waals surface area contributed by atoms with Gasteiger partial charge in [0.05, 0.1) is 5.69 Å². The molecule has 0 radical (unpaired) electrons. The first-order chi connectivity index (χ1) is 8.52. The van der Waals surface area contributed by atoms with Crippen LogP contribution in [0, 0.1) is 13.8 Å². The van der Waals surface area contributed by atoms with Crippen molar-refractivity contribution in [3.63, 3.8) is 0 Å². The number of benzene rings is 1. The number of hydrogen-bond donors (Lipinski definition) is 0. The molecular formula is C16H21NO. The summed E-state index contributed by atoms with van der Waals surface area (Å²) in [6, 6.07) is 6.35. The normalized spacial score (nSPS) is 11.2. The fourth-order valence-electron chi connectivity index (χ4n) is 2.07. The summed E-state index contributed by atoms with van der Waals surface area (Å²) in [7, 11) is 0. The first kappa shape index (κ1) is 12.9. The minimum Gasteiger partial charge on any atom is -0.441 e. The third-order valence-electron chi connectivity index (χ3n) is 3.34. The number of aryl methyl sites for hydroxylation is 3. The van der Waals surface area contributed by atoms with Crippen LogP contribution in [0.15, 0.2) is 22.6 Å². The summed E-state index contributed by atoms with van der Waals surface area (Å²) < 4.78 is 5.94. The van der Waals surface area contributed by atoms with E-state index in [1.807, 2.05) is 0 Å². The highest BCUT2D eigenvalue weighted by atomic mass is 16.4. The van der Waals surface area contributed by atoms with Crippen LogP contribution in [0.3, 0.4) is 0 Å². The Morgan fingerprint density at radius 3 is 2.39 bits per heavy atom. The minimum absolute atomic E-state index is 0.382. The van der Waals surface area contributed by atoms with Crippen LogP contribution < -0.4 is 0 Å². The molecule has 0 aliphatic heterocycles. The number of hydrogen-bond acceptors (Lipinski definition) is 2. The molecule has 0 fully saturated rings. The molecular weight excluding hydrogens is 222 g/mol. The van der Waals surface area contributed by atoms with Gasteiger partial charge in [-0.05, 0) is 43.5 Å². The van der Waals surface area contributed by atoms with Crippen LogP contribution in [0.2, 0.25) is 0 Å². The Morgan fingerprint density at radius 1 is 1.17 bits per heavy atom. The highest BCUT2D eigenvalue weighted by Gasteiger charge is 2.16. The van der Waals surface area contributed by atoms with E-state index in [9.17, 15) is 0 Å². The largest absolute Gasteiger partial charge is 0.441 e. The van der Waals surface area contributed by atoms with Gasteiger partial charge in [0.15, 0.2) is 0 Å². The lowest BCUT2D eigenvalue weighted by molar-refractivity contribution is 0.491. The summed E-state index contributed by atoms with van der Waals surface area (Å²) in [4.78, 5) is 4.62. The molecule has 0 spiro atoms. The number of oxazole rings is 1. The summed E-state index contributed by atoms with van der Waals surface area (Å²) in [5.41, 5.74) is 4.72.